The molecule has 2 aromatic heterocycles. The minimum atomic E-state index is 1.15. The zero-order valence-electron chi connectivity index (χ0n) is 25.1. The fraction of sp³-hybridized carbons (Fsp3) is 0. The molecule has 0 aliphatic heterocycles. The van der Waals surface area contributed by atoms with Gasteiger partial charge in [0.25, 0.3) is 0 Å². The number of nitrogens with zero attached hydrogens (tertiary/aromatic N) is 2. The van der Waals surface area contributed by atoms with Crippen LogP contribution < -0.4 is 0 Å². The van der Waals surface area contributed by atoms with Crippen molar-refractivity contribution >= 4 is 65.2 Å². The summed E-state index contributed by atoms with van der Waals surface area (Å²) in [6, 6.07) is 62.0. The number of hydrogen-bond donors (Lipinski definition) is 0. The lowest BCUT2D eigenvalue weighted by atomic mass is 10.0. The van der Waals surface area contributed by atoms with Gasteiger partial charge in [-0.15, -0.1) is 0 Å². The normalized spacial score (nSPS) is 11.9. The molecule has 0 saturated carbocycles. The van der Waals surface area contributed by atoms with Crippen LogP contribution in [0.5, 0.6) is 0 Å². The van der Waals surface area contributed by atoms with E-state index in [4.69, 9.17) is 0 Å². The Bertz CT molecular complexity index is 2790. The molecule has 2 nitrogen and oxygen atoms in total. The number of rotatable bonds is 3. The summed E-state index contributed by atoms with van der Waals surface area (Å²) in [4.78, 5) is 0. The molecule has 0 saturated heterocycles. The van der Waals surface area contributed by atoms with Gasteiger partial charge in [-0.1, -0.05) is 133 Å². The third-order valence-electron chi connectivity index (χ3n) is 9.68. The number of fused-ring (bicyclic) bond motifs is 9. The molecule has 46 heavy (non-hydrogen) atoms. The Morgan fingerprint density at radius 2 is 0.848 bits per heavy atom. The molecule has 8 aromatic carbocycles. The molecule has 0 unspecified atom stereocenters. The molecular weight excluding hydrogens is 556 g/mol. The molecule has 10 rings (SSSR count). The molecule has 0 aliphatic rings. The van der Waals surface area contributed by atoms with Crippen molar-refractivity contribution in [2.45, 2.75) is 0 Å². The summed E-state index contributed by atoms with van der Waals surface area (Å²) in [6.07, 6.45) is 0. The minimum absolute atomic E-state index is 1.15. The lowest BCUT2D eigenvalue weighted by Gasteiger charge is -2.14. The van der Waals surface area contributed by atoms with Gasteiger partial charge < -0.3 is 9.13 Å². The van der Waals surface area contributed by atoms with Crippen molar-refractivity contribution in [3.8, 4) is 22.5 Å². The Labute approximate surface area is 266 Å². The van der Waals surface area contributed by atoms with Gasteiger partial charge in [0.05, 0.1) is 27.8 Å². The van der Waals surface area contributed by atoms with Crippen LogP contribution in [-0.4, -0.2) is 9.13 Å². The van der Waals surface area contributed by atoms with Crippen molar-refractivity contribution in [3.63, 3.8) is 0 Å². The molecule has 0 radical (unpaired) electrons. The van der Waals surface area contributed by atoms with Gasteiger partial charge in [-0.3, -0.25) is 0 Å². The van der Waals surface area contributed by atoms with E-state index in [1.54, 1.807) is 0 Å². The van der Waals surface area contributed by atoms with E-state index in [0.717, 1.165) is 5.69 Å². The Morgan fingerprint density at radius 3 is 1.59 bits per heavy atom. The Kier molecular flexibility index (Phi) is 5.31. The molecule has 0 N–H and O–H groups in total. The van der Waals surface area contributed by atoms with E-state index in [2.05, 4.69) is 179 Å². The summed E-state index contributed by atoms with van der Waals surface area (Å²) in [6.45, 7) is 0. The second-order valence-electron chi connectivity index (χ2n) is 12.2. The third kappa shape index (κ3) is 3.59. The van der Waals surface area contributed by atoms with E-state index in [0.29, 0.717) is 0 Å². The van der Waals surface area contributed by atoms with Gasteiger partial charge in [0.1, 0.15) is 0 Å². The summed E-state index contributed by atoms with van der Waals surface area (Å²) in [5, 5.41) is 10.0. The standard InChI is InChI=1S/C44H28N2/c1-2-12-32-28-33(21-20-29(32)10-1)30-22-24-34(25-23-30)45-41-17-7-5-15-36(41)38-26-27-39-37-16-6-8-18-42(37)46(44(39)43(38)45)40-19-9-13-31-11-3-4-14-35(31)40/h1-28H. The molecular formula is C44H28N2. The number of para-hydroxylation sites is 2. The summed E-state index contributed by atoms with van der Waals surface area (Å²) < 4.78 is 4.96. The van der Waals surface area contributed by atoms with Gasteiger partial charge in [0.15, 0.2) is 0 Å². The highest BCUT2D eigenvalue weighted by atomic mass is 15.0. The van der Waals surface area contributed by atoms with Crippen LogP contribution in [0.1, 0.15) is 0 Å². The molecule has 0 bridgehead atoms. The summed E-state index contributed by atoms with van der Waals surface area (Å²) >= 11 is 0. The summed E-state index contributed by atoms with van der Waals surface area (Å²) in [5.74, 6) is 0. The number of benzene rings is 8. The van der Waals surface area contributed by atoms with E-state index >= 15 is 0 Å². The van der Waals surface area contributed by atoms with Gasteiger partial charge in [-0.05, 0) is 63.7 Å². The number of hydrogen-bond acceptors (Lipinski definition) is 0. The van der Waals surface area contributed by atoms with E-state index in [-0.39, 0.29) is 0 Å². The predicted octanol–water partition coefficient (Wildman–Crippen LogP) is 11.9. The van der Waals surface area contributed by atoms with E-state index < -0.39 is 0 Å². The van der Waals surface area contributed by atoms with Crippen molar-refractivity contribution in [1.82, 2.24) is 9.13 Å². The topological polar surface area (TPSA) is 9.86 Å². The maximum Gasteiger partial charge on any atom is 0.0789 e. The van der Waals surface area contributed by atoms with Crippen molar-refractivity contribution in [2.24, 2.45) is 0 Å². The molecule has 214 valence electrons. The van der Waals surface area contributed by atoms with Crippen LogP contribution in [0.4, 0.5) is 0 Å². The van der Waals surface area contributed by atoms with Gasteiger partial charge >= 0.3 is 0 Å². The predicted molar refractivity (Wildman–Crippen MR) is 196 cm³/mol. The first kappa shape index (κ1) is 25.2. The quantitative estimate of drug-likeness (QED) is 0.195. The highest BCUT2D eigenvalue weighted by Crippen LogP contribution is 2.42. The smallest absolute Gasteiger partial charge is 0.0789 e. The molecule has 0 atom stereocenters. The van der Waals surface area contributed by atoms with Gasteiger partial charge in [0.2, 0.25) is 0 Å². The minimum Gasteiger partial charge on any atom is -0.307 e. The SMILES string of the molecule is c1ccc2cc(-c3ccc(-n4c5ccccc5c5ccc6c7ccccc7n(-c7cccc8ccccc78)c6c54)cc3)ccc2c1. The number of aromatic nitrogens is 2. The average molecular weight is 585 g/mol. The first-order valence-corrected chi connectivity index (χ1v) is 15.9. The monoisotopic (exact) mass is 584 g/mol. The molecule has 2 heterocycles. The highest BCUT2D eigenvalue weighted by molar-refractivity contribution is 6.24. The van der Waals surface area contributed by atoms with Crippen LogP contribution in [0.15, 0.2) is 170 Å². The molecule has 0 amide bonds. The van der Waals surface area contributed by atoms with Crippen LogP contribution in [-0.2, 0) is 0 Å². The van der Waals surface area contributed by atoms with Gasteiger partial charge in [-0.25, -0.2) is 0 Å². The summed E-state index contributed by atoms with van der Waals surface area (Å²) in [7, 11) is 0. The van der Waals surface area contributed by atoms with Crippen LogP contribution in [0.25, 0.3) is 87.7 Å². The van der Waals surface area contributed by atoms with Crippen molar-refractivity contribution < 1.29 is 0 Å². The highest BCUT2D eigenvalue weighted by Gasteiger charge is 2.21. The molecule has 0 spiro atoms. The Hall–Kier alpha value is -6.12. The lowest BCUT2D eigenvalue weighted by Crippen LogP contribution is -1.99. The largest absolute Gasteiger partial charge is 0.307 e. The maximum absolute atomic E-state index is 2.49. The third-order valence-corrected chi connectivity index (χ3v) is 9.68. The summed E-state index contributed by atoms with van der Waals surface area (Å²) in [5.41, 5.74) is 9.66. The molecule has 2 heteroatoms. The molecule has 0 aliphatic carbocycles. The first-order chi connectivity index (χ1) is 22.8. The molecule has 10 aromatic rings. The average Bonchev–Trinajstić information content (AvgIpc) is 3.64. The van der Waals surface area contributed by atoms with E-state index in [1.165, 1.54) is 82.0 Å². The maximum atomic E-state index is 2.49. The van der Waals surface area contributed by atoms with Crippen LogP contribution >= 0.6 is 0 Å². The first-order valence-electron chi connectivity index (χ1n) is 15.9. The zero-order chi connectivity index (χ0) is 30.2. The van der Waals surface area contributed by atoms with E-state index in [9.17, 15) is 0 Å². The zero-order valence-corrected chi connectivity index (χ0v) is 25.1. The van der Waals surface area contributed by atoms with Crippen molar-refractivity contribution in [3.05, 3.63) is 170 Å². The van der Waals surface area contributed by atoms with Crippen LogP contribution in [0, 0.1) is 0 Å². The second-order valence-corrected chi connectivity index (χ2v) is 12.2. The fourth-order valence-electron chi connectivity index (χ4n) is 7.59. The lowest BCUT2D eigenvalue weighted by molar-refractivity contribution is 1.16. The Morgan fingerprint density at radius 1 is 0.304 bits per heavy atom. The van der Waals surface area contributed by atoms with Crippen molar-refractivity contribution in [2.75, 3.05) is 0 Å². The van der Waals surface area contributed by atoms with Gasteiger partial charge in [0, 0.05) is 32.6 Å². The van der Waals surface area contributed by atoms with Crippen molar-refractivity contribution in [1.29, 1.82) is 0 Å². The second kappa shape index (κ2) is 9.69. The van der Waals surface area contributed by atoms with Gasteiger partial charge in [-0.2, -0.15) is 0 Å². The van der Waals surface area contributed by atoms with Crippen LogP contribution in [0.2, 0.25) is 0 Å². The van der Waals surface area contributed by atoms with E-state index in [1.807, 2.05) is 0 Å². The van der Waals surface area contributed by atoms with Crippen LogP contribution in [0.3, 0.4) is 0 Å². The molecule has 0 fully saturated rings. The fourth-order valence-corrected chi connectivity index (χ4v) is 7.59. The Balaban J connectivity index is 1.30.